The first-order valence-corrected chi connectivity index (χ1v) is 6.32. The number of unbranched alkanes of at least 4 members (excludes halogenated alkanes) is 1. The fourth-order valence-electron chi connectivity index (χ4n) is 2.12. The van der Waals surface area contributed by atoms with E-state index in [1.54, 1.807) is 0 Å². The van der Waals surface area contributed by atoms with E-state index in [4.69, 9.17) is 4.74 Å². The molecule has 1 fully saturated rings. The molecule has 1 rings (SSSR count). The minimum Gasteiger partial charge on any atom is -0.378 e. The molecule has 2 heteroatoms. The zero-order valence-corrected chi connectivity index (χ0v) is 10.1. The van der Waals surface area contributed by atoms with Crippen LogP contribution in [-0.2, 0) is 9.53 Å². The number of Topliss-reactive ketones (excluding diaryl/α,β-unsaturated/α-hetero) is 1. The molecule has 0 aliphatic carbocycles. The molecule has 0 radical (unpaired) electrons. The summed E-state index contributed by atoms with van der Waals surface area (Å²) in [5.41, 5.74) is 0. The van der Waals surface area contributed by atoms with Crippen LogP contribution in [0.1, 0.15) is 58.8 Å². The van der Waals surface area contributed by atoms with Crippen molar-refractivity contribution in [2.24, 2.45) is 5.92 Å². The molecule has 1 unspecified atom stereocenters. The molecule has 1 aliphatic heterocycles. The van der Waals surface area contributed by atoms with E-state index in [1.165, 1.54) is 12.8 Å². The number of ether oxygens (including phenoxy) is 1. The Labute approximate surface area is 93.4 Å². The summed E-state index contributed by atoms with van der Waals surface area (Å²) in [4.78, 5) is 11.4. The predicted molar refractivity (Wildman–Crippen MR) is 61.9 cm³/mol. The first-order chi connectivity index (χ1) is 7.18. The van der Waals surface area contributed by atoms with Crippen molar-refractivity contribution in [3.05, 3.63) is 0 Å². The number of hydrogen-bond acceptors (Lipinski definition) is 2. The Balaban J connectivity index is 1.94. The van der Waals surface area contributed by atoms with E-state index in [0.717, 1.165) is 38.7 Å². The van der Waals surface area contributed by atoms with Gasteiger partial charge in [0.25, 0.3) is 0 Å². The van der Waals surface area contributed by atoms with Gasteiger partial charge in [-0.05, 0) is 31.6 Å². The van der Waals surface area contributed by atoms with Crippen LogP contribution in [0.5, 0.6) is 0 Å². The number of hydrogen-bond donors (Lipinski definition) is 0. The normalized spacial score (nSPS) is 21.1. The Bertz CT molecular complexity index is 181. The minimum absolute atomic E-state index is 0.428. The Morgan fingerprint density at radius 2 is 2.20 bits per heavy atom. The van der Waals surface area contributed by atoms with Crippen molar-refractivity contribution in [2.45, 2.75) is 64.9 Å². The number of rotatable bonds is 7. The zero-order valence-electron chi connectivity index (χ0n) is 10.1. The van der Waals surface area contributed by atoms with Crippen molar-refractivity contribution in [1.29, 1.82) is 0 Å². The summed E-state index contributed by atoms with van der Waals surface area (Å²) in [6.07, 6.45) is 7.79. The number of carbonyl (C=O) groups is 1. The smallest absolute Gasteiger partial charge is 0.133 e. The summed E-state index contributed by atoms with van der Waals surface area (Å²) < 4.78 is 5.54. The maximum atomic E-state index is 11.4. The lowest BCUT2D eigenvalue weighted by Crippen LogP contribution is -2.06. The molecule has 2 nitrogen and oxygen atoms in total. The minimum atomic E-state index is 0.428. The lowest BCUT2D eigenvalue weighted by atomic mass is 10.0. The van der Waals surface area contributed by atoms with Gasteiger partial charge in [-0.25, -0.2) is 0 Å². The van der Waals surface area contributed by atoms with Crippen LogP contribution in [0.4, 0.5) is 0 Å². The molecular formula is C13H24O2. The molecule has 0 saturated carbocycles. The molecule has 0 aromatic heterocycles. The highest BCUT2D eigenvalue weighted by atomic mass is 16.5. The van der Waals surface area contributed by atoms with Gasteiger partial charge in [-0.1, -0.05) is 20.3 Å². The van der Waals surface area contributed by atoms with Gasteiger partial charge in [-0.3, -0.25) is 4.79 Å². The highest BCUT2D eigenvalue weighted by molar-refractivity contribution is 5.78. The highest BCUT2D eigenvalue weighted by Crippen LogP contribution is 2.18. The molecule has 1 atom stereocenters. The topological polar surface area (TPSA) is 26.3 Å². The van der Waals surface area contributed by atoms with Crippen LogP contribution in [0.3, 0.4) is 0 Å². The lowest BCUT2D eigenvalue weighted by Gasteiger charge is -2.08. The molecular weight excluding hydrogens is 188 g/mol. The quantitative estimate of drug-likeness (QED) is 0.605. The van der Waals surface area contributed by atoms with Gasteiger partial charge in [-0.15, -0.1) is 0 Å². The van der Waals surface area contributed by atoms with Gasteiger partial charge in [0.2, 0.25) is 0 Å². The van der Waals surface area contributed by atoms with Crippen LogP contribution in [0, 0.1) is 5.92 Å². The molecule has 1 saturated heterocycles. The maximum absolute atomic E-state index is 11.4. The van der Waals surface area contributed by atoms with Gasteiger partial charge in [-0.2, -0.15) is 0 Å². The van der Waals surface area contributed by atoms with E-state index in [9.17, 15) is 4.79 Å². The summed E-state index contributed by atoms with van der Waals surface area (Å²) in [6.45, 7) is 5.14. The van der Waals surface area contributed by atoms with Gasteiger partial charge >= 0.3 is 0 Å². The molecule has 1 heterocycles. The van der Waals surface area contributed by atoms with Crippen LogP contribution in [0.15, 0.2) is 0 Å². The third-order valence-electron chi connectivity index (χ3n) is 2.89. The van der Waals surface area contributed by atoms with Crippen molar-refractivity contribution < 1.29 is 9.53 Å². The van der Waals surface area contributed by atoms with Crippen molar-refractivity contribution in [3.63, 3.8) is 0 Å². The Hall–Kier alpha value is -0.370. The van der Waals surface area contributed by atoms with Crippen LogP contribution < -0.4 is 0 Å². The van der Waals surface area contributed by atoms with Crippen molar-refractivity contribution in [2.75, 3.05) is 6.61 Å². The van der Waals surface area contributed by atoms with E-state index < -0.39 is 0 Å². The Morgan fingerprint density at radius 1 is 1.40 bits per heavy atom. The van der Waals surface area contributed by atoms with Crippen molar-refractivity contribution in [3.8, 4) is 0 Å². The van der Waals surface area contributed by atoms with Crippen LogP contribution >= 0.6 is 0 Å². The molecule has 0 spiro atoms. The lowest BCUT2D eigenvalue weighted by molar-refractivity contribution is -0.119. The van der Waals surface area contributed by atoms with Crippen LogP contribution in [0.25, 0.3) is 0 Å². The second-order valence-corrected chi connectivity index (χ2v) is 5.02. The average Bonchev–Trinajstić information content (AvgIpc) is 2.63. The molecule has 1 aliphatic rings. The molecule has 0 aromatic carbocycles. The number of ketones is 1. The zero-order chi connectivity index (χ0) is 11.1. The largest absolute Gasteiger partial charge is 0.378 e. The Kier molecular flexibility index (Phi) is 5.92. The first kappa shape index (κ1) is 12.7. The predicted octanol–water partition coefficient (Wildman–Crippen LogP) is 3.34. The number of carbonyl (C=O) groups excluding carboxylic acids is 1. The van der Waals surface area contributed by atoms with E-state index >= 15 is 0 Å². The van der Waals surface area contributed by atoms with Gasteiger partial charge in [0.05, 0.1) is 6.10 Å². The molecule has 0 N–H and O–H groups in total. The SMILES string of the molecule is CC(C)CC(=O)CCCCC1CCCO1. The molecule has 15 heavy (non-hydrogen) atoms. The van der Waals surface area contributed by atoms with Gasteiger partial charge in [0, 0.05) is 19.4 Å². The first-order valence-electron chi connectivity index (χ1n) is 6.32. The van der Waals surface area contributed by atoms with Crippen LogP contribution in [0.2, 0.25) is 0 Å². The van der Waals surface area contributed by atoms with E-state index in [1.807, 2.05) is 0 Å². The van der Waals surface area contributed by atoms with Crippen LogP contribution in [-0.4, -0.2) is 18.5 Å². The molecule has 0 amide bonds. The summed E-state index contributed by atoms with van der Waals surface area (Å²) in [5.74, 6) is 0.938. The van der Waals surface area contributed by atoms with E-state index in [-0.39, 0.29) is 0 Å². The summed E-state index contributed by atoms with van der Waals surface area (Å²) in [5, 5.41) is 0. The van der Waals surface area contributed by atoms with E-state index in [0.29, 0.717) is 17.8 Å². The standard InChI is InChI=1S/C13H24O2/c1-11(2)10-12(14)6-3-4-7-13-8-5-9-15-13/h11,13H,3-10H2,1-2H3. The van der Waals surface area contributed by atoms with E-state index in [2.05, 4.69) is 13.8 Å². The average molecular weight is 212 g/mol. The third kappa shape index (κ3) is 5.93. The fraction of sp³-hybridized carbons (Fsp3) is 0.923. The third-order valence-corrected chi connectivity index (χ3v) is 2.89. The van der Waals surface area contributed by atoms with Gasteiger partial charge < -0.3 is 4.74 Å². The molecule has 0 aromatic rings. The summed E-state index contributed by atoms with van der Waals surface area (Å²) in [6, 6.07) is 0. The second-order valence-electron chi connectivity index (χ2n) is 5.02. The van der Waals surface area contributed by atoms with Gasteiger partial charge in [0.15, 0.2) is 0 Å². The maximum Gasteiger partial charge on any atom is 0.133 e. The monoisotopic (exact) mass is 212 g/mol. The van der Waals surface area contributed by atoms with Gasteiger partial charge in [0.1, 0.15) is 5.78 Å². The molecule has 88 valence electrons. The summed E-state index contributed by atoms with van der Waals surface area (Å²) in [7, 11) is 0. The fourth-order valence-corrected chi connectivity index (χ4v) is 2.12. The molecule has 0 bridgehead atoms. The Morgan fingerprint density at radius 3 is 2.80 bits per heavy atom. The van der Waals surface area contributed by atoms with Crippen molar-refractivity contribution >= 4 is 5.78 Å². The second kappa shape index (κ2) is 7.00. The summed E-state index contributed by atoms with van der Waals surface area (Å²) >= 11 is 0. The van der Waals surface area contributed by atoms with Crippen molar-refractivity contribution in [1.82, 2.24) is 0 Å². The highest BCUT2D eigenvalue weighted by Gasteiger charge is 2.14.